The summed E-state index contributed by atoms with van der Waals surface area (Å²) in [7, 11) is 0. The minimum absolute atomic E-state index is 0.257. The van der Waals surface area contributed by atoms with E-state index in [9.17, 15) is 9.18 Å². The minimum atomic E-state index is -0.257. The fraction of sp³-hybridized carbons (Fsp3) is 0.0526. The molecule has 4 nitrogen and oxygen atoms in total. The molecule has 0 radical (unpaired) electrons. The van der Waals surface area contributed by atoms with Crippen molar-refractivity contribution in [2.75, 3.05) is 10.2 Å². The lowest BCUT2D eigenvalue weighted by molar-refractivity contribution is -0.107. The van der Waals surface area contributed by atoms with Gasteiger partial charge in [0, 0.05) is 21.6 Å². The number of anilines is 3. The number of aromatic nitrogens is 1. The standard InChI is InChI=1S/C19H14FN3OS/c20-14-3-5-15(6-4-14)25-16-7-8-17-18(10-16)23(12-24)11-13-2-1-9-21-19(13)22-17/h1-10,12H,11H2,(H,21,22). The van der Waals surface area contributed by atoms with E-state index in [0.717, 1.165) is 39.0 Å². The third-order valence-electron chi connectivity index (χ3n) is 3.94. The lowest BCUT2D eigenvalue weighted by atomic mass is 10.2. The first-order valence-corrected chi connectivity index (χ1v) is 8.55. The zero-order chi connectivity index (χ0) is 17.2. The number of fused-ring (bicyclic) bond motifs is 2. The maximum absolute atomic E-state index is 13.1. The van der Waals surface area contributed by atoms with Gasteiger partial charge in [-0.15, -0.1) is 0 Å². The molecule has 2 aromatic carbocycles. The fourth-order valence-electron chi connectivity index (χ4n) is 2.73. The number of carbonyl (C=O) groups excluding carboxylic acids is 1. The van der Waals surface area contributed by atoms with Crippen LogP contribution in [0.4, 0.5) is 21.6 Å². The van der Waals surface area contributed by atoms with E-state index in [0.29, 0.717) is 6.54 Å². The average molecular weight is 351 g/mol. The summed E-state index contributed by atoms with van der Waals surface area (Å²) in [5.74, 6) is 0.500. The quantitative estimate of drug-likeness (QED) is 0.701. The van der Waals surface area contributed by atoms with E-state index in [1.54, 1.807) is 23.2 Å². The number of pyridine rings is 1. The Morgan fingerprint density at radius 2 is 1.92 bits per heavy atom. The summed E-state index contributed by atoms with van der Waals surface area (Å²) in [6.45, 7) is 0.456. The van der Waals surface area contributed by atoms with Crippen LogP contribution in [0, 0.1) is 5.82 Å². The van der Waals surface area contributed by atoms with Crippen LogP contribution in [0.3, 0.4) is 0 Å². The molecule has 0 bridgehead atoms. The smallest absolute Gasteiger partial charge is 0.214 e. The molecule has 124 valence electrons. The number of hydrogen-bond donors (Lipinski definition) is 1. The highest BCUT2D eigenvalue weighted by Gasteiger charge is 2.19. The number of nitrogens with zero attached hydrogens (tertiary/aromatic N) is 2. The Morgan fingerprint density at radius 3 is 2.72 bits per heavy atom. The molecule has 6 heteroatoms. The van der Waals surface area contributed by atoms with Crippen molar-refractivity contribution in [2.45, 2.75) is 16.3 Å². The van der Waals surface area contributed by atoms with Gasteiger partial charge in [0.2, 0.25) is 6.41 Å². The Kier molecular flexibility index (Phi) is 4.11. The van der Waals surface area contributed by atoms with Crippen LogP contribution in [0.5, 0.6) is 0 Å². The maximum Gasteiger partial charge on any atom is 0.214 e. The number of benzene rings is 2. The highest BCUT2D eigenvalue weighted by Crippen LogP contribution is 2.38. The van der Waals surface area contributed by atoms with Crippen LogP contribution in [0.25, 0.3) is 0 Å². The van der Waals surface area contributed by atoms with E-state index >= 15 is 0 Å². The topological polar surface area (TPSA) is 45.2 Å². The summed E-state index contributed by atoms with van der Waals surface area (Å²) in [4.78, 5) is 19.5. The maximum atomic E-state index is 13.1. The van der Waals surface area contributed by atoms with Gasteiger partial charge in [0.15, 0.2) is 0 Å². The average Bonchev–Trinajstić information content (AvgIpc) is 2.79. The third-order valence-corrected chi connectivity index (χ3v) is 4.94. The molecule has 0 fully saturated rings. The highest BCUT2D eigenvalue weighted by atomic mass is 32.2. The monoisotopic (exact) mass is 351 g/mol. The molecule has 2 heterocycles. The Balaban J connectivity index is 1.69. The molecular formula is C19H14FN3OS. The van der Waals surface area contributed by atoms with Crippen molar-refractivity contribution < 1.29 is 9.18 Å². The normalized spacial score (nSPS) is 12.6. The molecule has 4 rings (SSSR count). The summed E-state index contributed by atoms with van der Waals surface area (Å²) in [6.07, 6.45) is 2.55. The molecule has 1 amide bonds. The molecule has 1 aromatic heterocycles. The Labute approximate surface area is 148 Å². The summed E-state index contributed by atoms with van der Waals surface area (Å²) in [5.41, 5.74) is 2.58. The Morgan fingerprint density at radius 1 is 1.12 bits per heavy atom. The molecule has 0 saturated heterocycles. The van der Waals surface area contributed by atoms with Crippen LogP contribution in [-0.2, 0) is 11.3 Å². The van der Waals surface area contributed by atoms with E-state index in [1.165, 1.54) is 23.9 Å². The second-order valence-electron chi connectivity index (χ2n) is 5.60. The number of halogens is 1. The SMILES string of the molecule is O=CN1Cc2cccnc2Nc2ccc(Sc3ccc(F)cc3)cc21. The fourth-order valence-corrected chi connectivity index (χ4v) is 3.58. The van der Waals surface area contributed by atoms with Crippen LogP contribution in [-0.4, -0.2) is 11.4 Å². The van der Waals surface area contributed by atoms with E-state index in [4.69, 9.17) is 0 Å². The number of amides is 1. The summed E-state index contributed by atoms with van der Waals surface area (Å²) >= 11 is 1.52. The molecule has 3 aromatic rings. The molecule has 1 aliphatic heterocycles. The van der Waals surface area contributed by atoms with E-state index in [1.807, 2.05) is 30.3 Å². The van der Waals surface area contributed by atoms with Gasteiger partial charge in [-0.1, -0.05) is 17.8 Å². The second-order valence-corrected chi connectivity index (χ2v) is 6.75. The van der Waals surface area contributed by atoms with Gasteiger partial charge >= 0.3 is 0 Å². The first-order chi connectivity index (χ1) is 12.2. The molecule has 1 aliphatic rings. The number of rotatable bonds is 3. The first-order valence-electron chi connectivity index (χ1n) is 7.73. The Hall–Kier alpha value is -2.86. The van der Waals surface area contributed by atoms with Crippen molar-refractivity contribution in [1.82, 2.24) is 4.98 Å². The lowest BCUT2D eigenvalue weighted by Gasteiger charge is -2.18. The van der Waals surface area contributed by atoms with Gasteiger partial charge in [-0.2, -0.15) is 0 Å². The molecule has 0 spiro atoms. The van der Waals surface area contributed by atoms with Gasteiger partial charge < -0.3 is 10.2 Å². The summed E-state index contributed by atoms with van der Waals surface area (Å²) in [5, 5.41) is 3.30. The van der Waals surface area contributed by atoms with Gasteiger partial charge in [0.1, 0.15) is 11.6 Å². The molecule has 0 unspecified atom stereocenters. The highest BCUT2D eigenvalue weighted by molar-refractivity contribution is 7.99. The van der Waals surface area contributed by atoms with E-state index in [-0.39, 0.29) is 5.82 Å². The summed E-state index contributed by atoms with van der Waals surface area (Å²) in [6, 6.07) is 16.0. The van der Waals surface area contributed by atoms with E-state index in [2.05, 4.69) is 10.3 Å². The van der Waals surface area contributed by atoms with Crippen molar-refractivity contribution in [3.05, 3.63) is 72.2 Å². The number of nitrogens with one attached hydrogen (secondary N) is 1. The van der Waals surface area contributed by atoms with Crippen molar-refractivity contribution in [2.24, 2.45) is 0 Å². The van der Waals surface area contributed by atoms with Crippen molar-refractivity contribution in [3.63, 3.8) is 0 Å². The molecule has 1 N–H and O–H groups in total. The lowest BCUT2D eigenvalue weighted by Crippen LogP contribution is -2.19. The van der Waals surface area contributed by atoms with E-state index < -0.39 is 0 Å². The van der Waals surface area contributed by atoms with Gasteiger partial charge in [-0.05, 0) is 48.5 Å². The van der Waals surface area contributed by atoms with Crippen LogP contribution in [0.1, 0.15) is 5.56 Å². The van der Waals surface area contributed by atoms with Crippen LogP contribution >= 0.6 is 11.8 Å². The second kappa shape index (κ2) is 6.57. The first kappa shape index (κ1) is 15.7. The zero-order valence-electron chi connectivity index (χ0n) is 13.1. The third kappa shape index (κ3) is 3.21. The van der Waals surface area contributed by atoms with Crippen molar-refractivity contribution >= 4 is 35.4 Å². The van der Waals surface area contributed by atoms with Gasteiger partial charge in [-0.25, -0.2) is 9.37 Å². The summed E-state index contributed by atoms with van der Waals surface area (Å²) < 4.78 is 13.1. The largest absolute Gasteiger partial charge is 0.338 e. The zero-order valence-corrected chi connectivity index (χ0v) is 14.0. The molecule has 0 atom stereocenters. The minimum Gasteiger partial charge on any atom is -0.338 e. The van der Waals surface area contributed by atoms with Crippen LogP contribution in [0.2, 0.25) is 0 Å². The van der Waals surface area contributed by atoms with Crippen molar-refractivity contribution in [3.8, 4) is 0 Å². The number of hydrogen-bond acceptors (Lipinski definition) is 4. The molecular weight excluding hydrogens is 337 g/mol. The van der Waals surface area contributed by atoms with Gasteiger partial charge in [0.25, 0.3) is 0 Å². The number of carbonyl (C=O) groups is 1. The van der Waals surface area contributed by atoms with Crippen molar-refractivity contribution in [1.29, 1.82) is 0 Å². The van der Waals surface area contributed by atoms with Crippen LogP contribution < -0.4 is 10.2 Å². The Bertz CT molecular complexity index is 930. The van der Waals surface area contributed by atoms with Gasteiger partial charge in [-0.3, -0.25) is 4.79 Å². The molecule has 0 saturated carbocycles. The predicted octanol–water partition coefficient (Wildman–Crippen LogP) is 4.59. The van der Waals surface area contributed by atoms with Crippen LogP contribution in [0.15, 0.2) is 70.6 Å². The molecule has 0 aliphatic carbocycles. The molecule has 25 heavy (non-hydrogen) atoms. The predicted molar refractivity (Wildman–Crippen MR) is 96.7 cm³/mol. The van der Waals surface area contributed by atoms with Gasteiger partial charge in [0.05, 0.1) is 17.9 Å².